The van der Waals surface area contributed by atoms with Crippen molar-refractivity contribution in [1.29, 1.82) is 0 Å². The summed E-state index contributed by atoms with van der Waals surface area (Å²) in [5.41, 5.74) is 0.935. The lowest BCUT2D eigenvalue weighted by molar-refractivity contribution is -0.384. The van der Waals surface area contributed by atoms with Crippen molar-refractivity contribution >= 4 is 40.4 Å². The lowest BCUT2D eigenvalue weighted by atomic mass is 10.1. The van der Waals surface area contributed by atoms with Gasteiger partial charge in [0.2, 0.25) is 5.91 Å². The molecule has 1 saturated carbocycles. The van der Waals surface area contributed by atoms with Crippen LogP contribution in [-0.4, -0.2) is 59.9 Å². The first-order valence-electron chi connectivity index (χ1n) is 12.1. The van der Waals surface area contributed by atoms with Gasteiger partial charge in [0.15, 0.2) is 11.5 Å². The molecule has 38 heavy (non-hydrogen) atoms. The van der Waals surface area contributed by atoms with E-state index in [0.29, 0.717) is 31.0 Å². The SMILES string of the molecule is COc1ccc(CCN(Cc2cccs2)C(=O)CN(C(=O)c2ccc([N+](=O)[O-])cc2Cl)C2CC2)cc1OC. The van der Waals surface area contributed by atoms with Crippen LogP contribution in [0.4, 0.5) is 5.69 Å². The fourth-order valence-corrected chi connectivity index (χ4v) is 5.10. The second-order valence-electron chi connectivity index (χ2n) is 8.92. The Morgan fingerprint density at radius 1 is 1.11 bits per heavy atom. The molecule has 2 amide bonds. The van der Waals surface area contributed by atoms with Crippen LogP contribution in [-0.2, 0) is 17.8 Å². The predicted molar refractivity (Wildman–Crippen MR) is 145 cm³/mol. The number of amides is 2. The summed E-state index contributed by atoms with van der Waals surface area (Å²) in [6, 6.07) is 13.3. The second kappa shape index (κ2) is 12.3. The van der Waals surface area contributed by atoms with E-state index in [1.165, 1.54) is 17.0 Å². The van der Waals surface area contributed by atoms with E-state index in [-0.39, 0.29) is 34.8 Å². The first-order chi connectivity index (χ1) is 18.3. The first kappa shape index (κ1) is 27.4. The Hall–Kier alpha value is -3.63. The summed E-state index contributed by atoms with van der Waals surface area (Å²) in [6.07, 6.45) is 2.17. The summed E-state index contributed by atoms with van der Waals surface area (Å²) in [5, 5.41) is 13.0. The topological polar surface area (TPSA) is 102 Å². The molecule has 1 aliphatic carbocycles. The minimum absolute atomic E-state index is 0.00815. The number of carbonyl (C=O) groups excluding carboxylic acids is 2. The van der Waals surface area contributed by atoms with Gasteiger partial charge in [0.05, 0.1) is 36.3 Å². The van der Waals surface area contributed by atoms with Crippen molar-refractivity contribution in [1.82, 2.24) is 9.80 Å². The van der Waals surface area contributed by atoms with Crippen LogP contribution in [0.15, 0.2) is 53.9 Å². The van der Waals surface area contributed by atoms with Crippen LogP contribution in [0, 0.1) is 10.1 Å². The van der Waals surface area contributed by atoms with E-state index >= 15 is 0 Å². The second-order valence-corrected chi connectivity index (χ2v) is 10.4. The molecule has 2 aromatic carbocycles. The van der Waals surface area contributed by atoms with Gasteiger partial charge in [0, 0.05) is 29.6 Å². The molecular formula is C27H28ClN3O6S. The summed E-state index contributed by atoms with van der Waals surface area (Å²) in [5.74, 6) is 0.659. The van der Waals surface area contributed by atoms with Gasteiger partial charge >= 0.3 is 0 Å². The molecule has 0 spiro atoms. The number of nitro benzene ring substituents is 1. The molecular weight excluding hydrogens is 530 g/mol. The number of methoxy groups -OCH3 is 2. The number of rotatable bonds is 12. The van der Waals surface area contributed by atoms with Crippen molar-refractivity contribution in [3.63, 3.8) is 0 Å². The Labute approximate surface area is 229 Å². The zero-order valence-electron chi connectivity index (χ0n) is 21.1. The Bertz CT molecular complexity index is 1310. The fraction of sp³-hybridized carbons (Fsp3) is 0.333. The highest BCUT2D eigenvalue weighted by Crippen LogP contribution is 2.31. The van der Waals surface area contributed by atoms with E-state index in [1.54, 1.807) is 30.5 Å². The molecule has 4 rings (SSSR count). The molecule has 3 aromatic rings. The van der Waals surface area contributed by atoms with Gasteiger partial charge in [-0.1, -0.05) is 23.7 Å². The number of halogens is 1. The van der Waals surface area contributed by atoms with Crippen LogP contribution >= 0.6 is 22.9 Å². The first-order valence-corrected chi connectivity index (χ1v) is 13.3. The van der Waals surface area contributed by atoms with E-state index in [9.17, 15) is 19.7 Å². The number of ether oxygens (including phenoxy) is 2. The van der Waals surface area contributed by atoms with Crippen molar-refractivity contribution in [3.05, 3.63) is 85.1 Å². The molecule has 0 atom stereocenters. The molecule has 0 unspecified atom stereocenters. The Kier molecular flexibility index (Phi) is 8.85. The smallest absolute Gasteiger partial charge is 0.270 e. The highest BCUT2D eigenvalue weighted by atomic mass is 35.5. The lowest BCUT2D eigenvalue weighted by Gasteiger charge is -2.28. The van der Waals surface area contributed by atoms with Gasteiger partial charge in [-0.3, -0.25) is 19.7 Å². The number of thiophene rings is 1. The quantitative estimate of drug-likeness (QED) is 0.224. The normalized spacial score (nSPS) is 12.6. The molecule has 0 aliphatic heterocycles. The third kappa shape index (κ3) is 6.62. The Morgan fingerprint density at radius 3 is 2.47 bits per heavy atom. The predicted octanol–water partition coefficient (Wildman–Crippen LogP) is 5.20. The van der Waals surface area contributed by atoms with Crippen LogP contribution in [0.5, 0.6) is 11.5 Å². The molecule has 1 heterocycles. The van der Waals surface area contributed by atoms with E-state index in [2.05, 4.69) is 0 Å². The molecule has 0 bridgehead atoms. The van der Waals surface area contributed by atoms with Gasteiger partial charge in [-0.15, -0.1) is 11.3 Å². The molecule has 200 valence electrons. The van der Waals surface area contributed by atoms with Gasteiger partial charge in [0.1, 0.15) is 6.54 Å². The van der Waals surface area contributed by atoms with E-state index in [4.69, 9.17) is 21.1 Å². The van der Waals surface area contributed by atoms with Crippen LogP contribution < -0.4 is 9.47 Å². The zero-order chi connectivity index (χ0) is 27.2. The standard InChI is InChI=1S/C27H28ClN3O6S/c1-36-24-10-5-18(14-25(24)37-2)11-12-29(16-21-4-3-13-38-21)26(32)17-30(19-6-7-19)27(33)22-9-8-20(31(34)35)15-23(22)28/h3-5,8-10,13-15,19H,6-7,11-12,16-17H2,1-2H3. The molecule has 11 heteroatoms. The molecule has 0 radical (unpaired) electrons. The van der Waals surface area contributed by atoms with Gasteiger partial charge in [0.25, 0.3) is 11.6 Å². The number of hydrogen-bond acceptors (Lipinski definition) is 7. The van der Waals surface area contributed by atoms with Crippen molar-refractivity contribution in [2.45, 2.75) is 31.8 Å². The van der Waals surface area contributed by atoms with Crippen molar-refractivity contribution in [3.8, 4) is 11.5 Å². The molecule has 9 nitrogen and oxygen atoms in total. The van der Waals surface area contributed by atoms with Gasteiger partial charge in [-0.05, 0) is 54.5 Å². The number of nitrogens with zero attached hydrogens (tertiary/aromatic N) is 3. The monoisotopic (exact) mass is 557 g/mol. The van der Waals surface area contributed by atoms with Crippen LogP contribution in [0.1, 0.15) is 33.6 Å². The fourth-order valence-electron chi connectivity index (χ4n) is 4.13. The highest BCUT2D eigenvalue weighted by Gasteiger charge is 2.36. The highest BCUT2D eigenvalue weighted by molar-refractivity contribution is 7.09. The molecule has 1 aromatic heterocycles. The van der Waals surface area contributed by atoms with E-state index < -0.39 is 10.8 Å². The summed E-state index contributed by atoms with van der Waals surface area (Å²) < 4.78 is 10.7. The number of carbonyl (C=O) groups is 2. The van der Waals surface area contributed by atoms with Crippen LogP contribution in [0.2, 0.25) is 5.02 Å². The maximum absolute atomic E-state index is 13.6. The van der Waals surface area contributed by atoms with E-state index in [0.717, 1.165) is 29.3 Å². The van der Waals surface area contributed by atoms with Gasteiger partial charge in [-0.2, -0.15) is 0 Å². The third-order valence-electron chi connectivity index (χ3n) is 6.35. The summed E-state index contributed by atoms with van der Waals surface area (Å²) in [6.45, 7) is 0.764. The van der Waals surface area contributed by atoms with Gasteiger partial charge in [-0.25, -0.2) is 0 Å². The Morgan fingerprint density at radius 2 is 1.87 bits per heavy atom. The average Bonchev–Trinajstić information content (AvgIpc) is 3.63. The molecule has 0 saturated heterocycles. The molecule has 0 N–H and O–H groups in total. The minimum atomic E-state index is -0.566. The number of hydrogen-bond donors (Lipinski definition) is 0. The number of nitro groups is 1. The number of non-ortho nitro benzene ring substituents is 1. The summed E-state index contributed by atoms with van der Waals surface area (Å²) in [4.78, 5) is 41.8. The number of benzene rings is 2. The summed E-state index contributed by atoms with van der Waals surface area (Å²) in [7, 11) is 3.16. The average molecular weight is 558 g/mol. The van der Waals surface area contributed by atoms with E-state index in [1.807, 2.05) is 35.7 Å². The third-order valence-corrected chi connectivity index (χ3v) is 7.52. The van der Waals surface area contributed by atoms with Crippen LogP contribution in [0.3, 0.4) is 0 Å². The maximum Gasteiger partial charge on any atom is 0.270 e. The van der Waals surface area contributed by atoms with Crippen molar-refractivity contribution < 1.29 is 24.0 Å². The minimum Gasteiger partial charge on any atom is -0.493 e. The van der Waals surface area contributed by atoms with Crippen LogP contribution in [0.25, 0.3) is 0 Å². The Balaban J connectivity index is 1.51. The van der Waals surface area contributed by atoms with Crippen molar-refractivity contribution in [2.24, 2.45) is 0 Å². The van der Waals surface area contributed by atoms with Gasteiger partial charge < -0.3 is 19.3 Å². The molecule has 1 aliphatic rings. The molecule has 1 fully saturated rings. The largest absolute Gasteiger partial charge is 0.493 e. The zero-order valence-corrected chi connectivity index (χ0v) is 22.7. The summed E-state index contributed by atoms with van der Waals surface area (Å²) >= 11 is 7.79. The van der Waals surface area contributed by atoms with Crippen molar-refractivity contribution in [2.75, 3.05) is 27.3 Å². The maximum atomic E-state index is 13.6. The lowest BCUT2D eigenvalue weighted by Crippen LogP contribution is -2.44.